The van der Waals surface area contributed by atoms with E-state index in [1.54, 1.807) is 0 Å². The second-order valence-electron chi connectivity index (χ2n) is 2.58. The van der Waals surface area contributed by atoms with Gasteiger partial charge in [-0.2, -0.15) is 0 Å². The third kappa shape index (κ3) is 2.07. The molecule has 7 nitrogen and oxygen atoms in total. The summed E-state index contributed by atoms with van der Waals surface area (Å²) >= 11 is 0. The zero-order chi connectivity index (χ0) is 10.7. The maximum absolute atomic E-state index is 10.5. The van der Waals surface area contributed by atoms with Gasteiger partial charge in [0.05, 0.1) is 0 Å². The lowest BCUT2D eigenvalue weighted by atomic mass is 10.1. The van der Waals surface area contributed by atoms with E-state index in [9.17, 15) is 9.59 Å². The molecule has 0 spiro atoms. The van der Waals surface area contributed by atoms with E-state index in [1.165, 1.54) is 0 Å². The number of aromatic nitrogens is 1. The Labute approximate surface area is 78.2 Å². The van der Waals surface area contributed by atoms with Crippen LogP contribution in [-0.4, -0.2) is 33.2 Å². The van der Waals surface area contributed by atoms with Crippen molar-refractivity contribution in [3.05, 3.63) is 17.8 Å². The number of hydrogen-bond acceptors (Lipinski definition) is 5. The molecule has 14 heavy (non-hydrogen) atoms. The van der Waals surface area contributed by atoms with Crippen molar-refractivity contribution >= 4 is 11.9 Å². The van der Waals surface area contributed by atoms with E-state index in [1.807, 2.05) is 0 Å². The van der Waals surface area contributed by atoms with Crippen molar-refractivity contribution in [3.63, 3.8) is 0 Å². The molecule has 0 aromatic carbocycles. The Morgan fingerprint density at radius 1 is 1.57 bits per heavy atom. The first kappa shape index (κ1) is 10.2. The molecule has 0 amide bonds. The molecule has 0 fully saturated rings. The van der Waals surface area contributed by atoms with E-state index in [0.29, 0.717) is 0 Å². The van der Waals surface area contributed by atoms with Gasteiger partial charge in [0.1, 0.15) is 11.8 Å². The van der Waals surface area contributed by atoms with E-state index in [2.05, 4.69) is 4.98 Å². The number of nitrogens with two attached hydrogens (primary N) is 1. The molecule has 1 unspecified atom stereocenters. The number of carboxylic acid groups (broad SMARTS) is 2. The van der Waals surface area contributed by atoms with Gasteiger partial charge < -0.3 is 20.4 Å². The summed E-state index contributed by atoms with van der Waals surface area (Å²) in [5.74, 6) is -2.53. The van der Waals surface area contributed by atoms with Gasteiger partial charge in [-0.3, -0.25) is 4.79 Å². The summed E-state index contributed by atoms with van der Waals surface area (Å²) in [5.41, 5.74) is 4.89. The number of rotatable bonds is 4. The molecular weight excluding hydrogens is 192 g/mol. The fourth-order valence-corrected chi connectivity index (χ4v) is 0.877. The minimum atomic E-state index is -1.27. The highest BCUT2D eigenvalue weighted by molar-refractivity contribution is 5.86. The molecule has 1 rings (SSSR count). The molecule has 1 atom stereocenters. The van der Waals surface area contributed by atoms with Gasteiger partial charge in [-0.15, -0.1) is 0 Å². The number of carboxylic acids is 2. The van der Waals surface area contributed by atoms with Crippen molar-refractivity contribution in [1.82, 2.24) is 4.98 Å². The monoisotopic (exact) mass is 200 g/mol. The molecule has 76 valence electrons. The first-order valence-electron chi connectivity index (χ1n) is 3.66. The van der Waals surface area contributed by atoms with Gasteiger partial charge in [0.2, 0.25) is 0 Å². The number of hydrogen-bond donors (Lipinski definition) is 3. The van der Waals surface area contributed by atoms with Gasteiger partial charge in [0, 0.05) is 6.42 Å². The number of nitrogens with zero attached hydrogens (tertiary/aromatic N) is 1. The van der Waals surface area contributed by atoms with Crippen LogP contribution in [0.5, 0.6) is 0 Å². The largest absolute Gasteiger partial charge is 0.480 e. The molecule has 1 heterocycles. The maximum Gasteiger partial charge on any atom is 0.358 e. The van der Waals surface area contributed by atoms with Crippen molar-refractivity contribution in [3.8, 4) is 0 Å². The summed E-state index contributed by atoms with van der Waals surface area (Å²) in [6, 6.07) is -1.19. The molecule has 0 aliphatic heterocycles. The van der Waals surface area contributed by atoms with Crippen LogP contribution in [0.3, 0.4) is 0 Å². The first-order valence-corrected chi connectivity index (χ1v) is 3.66. The molecule has 0 aliphatic rings. The summed E-state index contributed by atoms with van der Waals surface area (Å²) in [7, 11) is 0. The highest BCUT2D eigenvalue weighted by atomic mass is 16.4. The van der Waals surface area contributed by atoms with Gasteiger partial charge in [-0.25, -0.2) is 9.78 Å². The number of aliphatic carboxylic acids is 1. The Bertz CT molecular complexity index is 359. The van der Waals surface area contributed by atoms with E-state index >= 15 is 0 Å². The SMILES string of the molecule is NC(Cc1ocnc1C(=O)O)C(=O)O. The molecule has 1 aromatic heterocycles. The molecule has 0 aliphatic carbocycles. The highest BCUT2D eigenvalue weighted by Gasteiger charge is 2.21. The fourth-order valence-electron chi connectivity index (χ4n) is 0.877. The van der Waals surface area contributed by atoms with Crippen LogP contribution in [0.1, 0.15) is 16.2 Å². The Hall–Kier alpha value is -1.89. The van der Waals surface area contributed by atoms with Crippen molar-refractivity contribution < 1.29 is 24.2 Å². The van der Waals surface area contributed by atoms with Crippen LogP contribution in [0.25, 0.3) is 0 Å². The third-order valence-electron chi connectivity index (χ3n) is 1.57. The van der Waals surface area contributed by atoms with Crippen LogP contribution in [0.2, 0.25) is 0 Å². The quantitative estimate of drug-likeness (QED) is 0.587. The predicted octanol–water partition coefficient (Wildman–Crippen LogP) is -0.673. The van der Waals surface area contributed by atoms with Crippen LogP contribution in [-0.2, 0) is 11.2 Å². The van der Waals surface area contributed by atoms with E-state index in [4.69, 9.17) is 20.4 Å². The van der Waals surface area contributed by atoms with E-state index < -0.39 is 18.0 Å². The molecule has 1 aromatic rings. The molecule has 0 bridgehead atoms. The highest BCUT2D eigenvalue weighted by Crippen LogP contribution is 2.08. The van der Waals surface area contributed by atoms with Crippen molar-refractivity contribution in [1.29, 1.82) is 0 Å². The fraction of sp³-hybridized carbons (Fsp3) is 0.286. The Kier molecular flexibility index (Phi) is 2.82. The van der Waals surface area contributed by atoms with Crippen LogP contribution in [0, 0.1) is 0 Å². The lowest BCUT2D eigenvalue weighted by Gasteiger charge is -2.02. The predicted molar refractivity (Wildman–Crippen MR) is 42.8 cm³/mol. The van der Waals surface area contributed by atoms with E-state index in [-0.39, 0.29) is 17.9 Å². The number of aromatic carboxylic acids is 1. The van der Waals surface area contributed by atoms with Gasteiger partial charge in [0.15, 0.2) is 12.1 Å². The Morgan fingerprint density at radius 2 is 2.21 bits per heavy atom. The van der Waals surface area contributed by atoms with Crippen LogP contribution in [0.15, 0.2) is 10.8 Å². The minimum Gasteiger partial charge on any atom is -0.480 e. The summed E-state index contributed by atoms with van der Waals surface area (Å²) in [4.78, 5) is 24.3. The summed E-state index contributed by atoms with van der Waals surface area (Å²) in [6.45, 7) is 0. The van der Waals surface area contributed by atoms with E-state index in [0.717, 1.165) is 6.39 Å². The summed E-state index contributed by atoms with van der Waals surface area (Å²) in [5, 5.41) is 17.1. The van der Waals surface area contributed by atoms with Crippen molar-refractivity contribution in [2.24, 2.45) is 5.73 Å². The zero-order valence-corrected chi connectivity index (χ0v) is 7.01. The van der Waals surface area contributed by atoms with Crippen LogP contribution < -0.4 is 5.73 Å². The average molecular weight is 200 g/mol. The van der Waals surface area contributed by atoms with Crippen LogP contribution in [0.4, 0.5) is 0 Å². The number of oxazole rings is 1. The van der Waals surface area contributed by atoms with Gasteiger partial charge in [0.25, 0.3) is 0 Å². The molecule has 7 heteroatoms. The minimum absolute atomic E-state index is 0.0348. The second-order valence-corrected chi connectivity index (χ2v) is 2.58. The molecule has 4 N–H and O–H groups in total. The average Bonchev–Trinajstić information content (AvgIpc) is 2.52. The topological polar surface area (TPSA) is 127 Å². The number of carbonyl (C=O) groups is 2. The Balaban J connectivity index is 2.81. The zero-order valence-electron chi connectivity index (χ0n) is 7.01. The van der Waals surface area contributed by atoms with Crippen LogP contribution >= 0.6 is 0 Å². The smallest absolute Gasteiger partial charge is 0.358 e. The van der Waals surface area contributed by atoms with Crippen molar-refractivity contribution in [2.75, 3.05) is 0 Å². The third-order valence-corrected chi connectivity index (χ3v) is 1.57. The first-order chi connectivity index (χ1) is 6.52. The van der Waals surface area contributed by atoms with Gasteiger partial charge in [-0.1, -0.05) is 0 Å². The van der Waals surface area contributed by atoms with Crippen molar-refractivity contribution in [2.45, 2.75) is 12.5 Å². The molecular formula is C7H8N2O5. The lowest BCUT2D eigenvalue weighted by Crippen LogP contribution is -2.32. The lowest BCUT2D eigenvalue weighted by molar-refractivity contribution is -0.138. The standard InChI is InChI=1S/C7H8N2O5/c8-3(6(10)11)1-4-5(7(12)13)9-2-14-4/h2-3H,1,8H2,(H,10,11)(H,12,13). The van der Waals surface area contributed by atoms with Gasteiger partial charge >= 0.3 is 11.9 Å². The van der Waals surface area contributed by atoms with Gasteiger partial charge in [-0.05, 0) is 0 Å². The summed E-state index contributed by atoms with van der Waals surface area (Å²) in [6.07, 6.45) is 0.740. The Morgan fingerprint density at radius 3 is 2.71 bits per heavy atom. The normalized spacial score (nSPS) is 12.4. The molecule has 0 saturated carbocycles. The molecule has 0 radical (unpaired) electrons. The summed E-state index contributed by atoms with van der Waals surface area (Å²) < 4.78 is 4.71. The maximum atomic E-state index is 10.5. The second kappa shape index (κ2) is 3.88. The molecule has 0 saturated heterocycles.